The molecule has 2 fully saturated rings. The number of alkyl halides is 3. The number of nitrogens with two attached hydrogens (primary N) is 1. The van der Waals surface area contributed by atoms with E-state index in [0.29, 0.717) is 0 Å². The van der Waals surface area contributed by atoms with E-state index in [2.05, 4.69) is 26.8 Å². The Labute approximate surface area is 209 Å². The zero-order valence-corrected chi connectivity index (χ0v) is 20.2. The summed E-state index contributed by atoms with van der Waals surface area (Å²) in [6, 6.07) is 4.95. The van der Waals surface area contributed by atoms with Crippen molar-refractivity contribution in [2.75, 3.05) is 6.61 Å². The van der Waals surface area contributed by atoms with Crippen molar-refractivity contribution < 1.29 is 40.0 Å². The van der Waals surface area contributed by atoms with E-state index in [1.165, 1.54) is 35.4 Å². The average molecular weight is 539 g/mol. The summed E-state index contributed by atoms with van der Waals surface area (Å²) in [5.41, 5.74) is -0.471. The van der Waals surface area contributed by atoms with Gasteiger partial charge in [0.05, 0.1) is 18.5 Å². The van der Waals surface area contributed by atoms with Crippen LogP contribution in [0.4, 0.5) is 13.2 Å². The molecule has 4 heterocycles. The molecule has 2 aromatic heterocycles. The van der Waals surface area contributed by atoms with Crippen molar-refractivity contribution >= 4 is 21.5 Å². The lowest BCUT2D eigenvalue weighted by molar-refractivity contribution is -0.198. The van der Waals surface area contributed by atoms with E-state index in [9.17, 15) is 21.6 Å². The molecule has 37 heavy (non-hydrogen) atoms. The van der Waals surface area contributed by atoms with E-state index in [1.807, 2.05) is 0 Å². The number of imidazole rings is 1. The molecule has 0 saturated carbocycles. The SMILES string of the molecule is CC1(C)O[C@@H]2[C@H](O1)[C@@H](COS(N)(=O)=O)O[C@H]2n1cnc2c(C#Cc3ccccc3C(F)(F)F)ncnc21. The van der Waals surface area contributed by atoms with Crippen LogP contribution in [0, 0.1) is 11.8 Å². The Morgan fingerprint density at radius 2 is 1.86 bits per heavy atom. The average Bonchev–Trinajstić information content (AvgIpc) is 3.46. The van der Waals surface area contributed by atoms with Crippen molar-refractivity contribution in [3.63, 3.8) is 0 Å². The minimum absolute atomic E-state index is 0.105. The quantitative estimate of drug-likeness (QED) is 0.492. The fourth-order valence-corrected chi connectivity index (χ4v) is 4.60. The van der Waals surface area contributed by atoms with Crippen LogP contribution in [-0.2, 0) is 34.9 Å². The van der Waals surface area contributed by atoms with Gasteiger partial charge in [0.2, 0.25) is 0 Å². The summed E-state index contributed by atoms with van der Waals surface area (Å²) in [6.07, 6.45) is -5.06. The molecule has 0 unspecified atom stereocenters. The Bertz CT molecular complexity index is 1510. The Morgan fingerprint density at radius 1 is 1.14 bits per heavy atom. The van der Waals surface area contributed by atoms with Gasteiger partial charge < -0.3 is 14.2 Å². The second kappa shape index (κ2) is 9.01. The van der Waals surface area contributed by atoms with Crippen molar-refractivity contribution in [1.82, 2.24) is 19.5 Å². The van der Waals surface area contributed by atoms with Gasteiger partial charge in [0.25, 0.3) is 0 Å². The standard InChI is InChI=1S/C22H20F3N5O6S/c1-21(2)35-17-15(9-33-37(26,31)32)34-20(18(17)36-21)30-11-29-16-14(27-10-28-19(16)30)8-7-12-5-3-4-6-13(12)22(23,24)25/h3-6,10-11,15,17-18,20H,9H2,1-2H3,(H2,26,31,32)/t15-,17-,18-,20-/m1/s1. The number of hydrogen-bond acceptors (Lipinski definition) is 9. The first-order valence-electron chi connectivity index (χ1n) is 10.9. The summed E-state index contributed by atoms with van der Waals surface area (Å²) in [6.45, 7) is 2.98. The van der Waals surface area contributed by atoms with Gasteiger partial charge in [0.15, 0.2) is 17.7 Å². The first-order chi connectivity index (χ1) is 17.3. The molecule has 0 radical (unpaired) electrons. The molecular formula is C22H20F3N5O6S. The number of hydrogen-bond donors (Lipinski definition) is 1. The number of benzene rings is 1. The van der Waals surface area contributed by atoms with Crippen LogP contribution in [0.2, 0.25) is 0 Å². The molecule has 2 N–H and O–H groups in total. The first kappa shape index (κ1) is 25.5. The molecule has 196 valence electrons. The molecule has 1 aromatic carbocycles. The Balaban J connectivity index is 1.49. The molecule has 15 heteroatoms. The molecule has 0 aliphatic carbocycles. The van der Waals surface area contributed by atoms with Gasteiger partial charge in [-0.2, -0.15) is 21.6 Å². The largest absolute Gasteiger partial charge is 0.417 e. The number of ether oxygens (including phenoxy) is 3. The second-order valence-electron chi connectivity index (χ2n) is 8.75. The Morgan fingerprint density at radius 3 is 2.59 bits per heavy atom. The van der Waals surface area contributed by atoms with Gasteiger partial charge in [-0.25, -0.2) is 20.1 Å². The van der Waals surface area contributed by atoms with Crippen LogP contribution in [0.15, 0.2) is 36.9 Å². The fraction of sp³-hybridized carbons (Fsp3) is 0.409. The molecule has 4 atom stereocenters. The number of aromatic nitrogens is 4. The molecule has 5 rings (SSSR count). The van der Waals surface area contributed by atoms with Gasteiger partial charge in [0, 0.05) is 5.56 Å². The first-order valence-corrected chi connectivity index (χ1v) is 12.3. The number of fused-ring (bicyclic) bond motifs is 2. The third kappa shape index (κ3) is 5.17. The van der Waals surface area contributed by atoms with Crippen LogP contribution in [0.3, 0.4) is 0 Å². The fourth-order valence-electron chi connectivity index (χ4n) is 4.27. The van der Waals surface area contributed by atoms with Gasteiger partial charge in [-0.1, -0.05) is 18.1 Å². The highest BCUT2D eigenvalue weighted by Gasteiger charge is 2.56. The predicted molar refractivity (Wildman–Crippen MR) is 120 cm³/mol. The van der Waals surface area contributed by atoms with Crippen LogP contribution in [0.25, 0.3) is 11.2 Å². The van der Waals surface area contributed by atoms with Crippen LogP contribution in [0.5, 0.6) is 0 Å². The summed E-state index contributed by atoms with van der Waals surface area (Å²) >= 11 is 0. The second-order valence-corrected chi connectivity index (χ2v) is 9.97. The van der Waals surface area contributed by atoms with Gasteiger partial charge >= 0.3 is 16.5 Å². The van der Waals surface area contributed by atoms with E-state index < -0.39 is 59.0 Å². The molecule has 2 saturated heterocycles. The van der Waals surface area contributed by atoms with Gasteiger partial charge in [-0.3, -0.25) is 8.75 Å². The van der Waals surface area contributed by atoms with E-state index in [4.69, 9.17) is 23.5 Å². The maximum absolute atomic E-state index is 13.3. The Hall–Kier alpha value is -3.13. The van der Waals surface area contributed by atoms with E-state index in [1.54, 1.807) is 13.8 Å². The van der Waals surface area contributed by atoms with E-state index in [-0.39, 0.29) is 22.4 Å². The van der Waals surface area contributed by atoms with Crippen molar-refractivity contribution in [2.24, 2.45) is 5.14 Å². The lowest BCUT2D eigenvalue weighted by atomic mass is 10.1. The number of nitrogens with zero attached hydrogens (tertiary/aromatic N) is 4. The zero-order valence-electron chi connectivity index (χ0n) is 19.3. The summed E-state index contributed by atoms with van der Waals surface area (Å²) in [4.78, 5) is 12.6. The molecular weight excluding hydrogens is 519 g/mol. The van der Waals surface area contributed by atoms with Crippen molar-refractivity contribution in [2.45, 2.75) is 50.4 Å². The molecule has 2 aliphatic rings. The maximum Gasteiger partial charge on any atom is 0.417 e. The molecule has 0 spiro atoms. The molecule has 0 bridgehead atoms. The highest BCUT2D eigenvalue weighted by molar-refractivity contribution is 7.84. The van der Waals surface area contributed by atoms with Gasteiger partial charge in [-0.05, 0) is 31.9 Å². The lowest BCUT2D eigenvalue weighted by Crippen LogP contribution is -2.34. The highest BCUT2D eigenvalue weighted by atomic mass is 32.2. The minimum atomic E-state index is -4.56. The molecule has 3 aromatic rings. The van der Waals surface area contributed by atoms with Crippen LogP contribution in [0.1, 0.15) is 36.9 Å². The summed E-state index contributed by atoms with van der Waals surface area (Å²) in [7, 11) is -4.22. The van der Waals surface area contributed by atoms with E-state index >= 15 is 0 Å². The maximum atomic E-state index is 13.3. The number of rotatable bonds is 4. The van der Waals surface area contributed by atoms with Crippen molar-refractivity contribution in [3.8, 4) is 11.8 Å². The van der Waals surface area contributed by atoms with Gasteiger partial charge in [-0.15, -0.1) is 0 Å². The van der Waals surface area contributed by atoms with Crippen LogP contribution >= 0.6 is 0 Å². The lowest BCUT2D eigenvalue weighted by Gasteiger charge is -2.24. The summed E-state index contributed by atoms with van der Waals surface area (Å²) < 4.78 is 86.7. The summed E-state index contributed by atoms with van der Waals surface area (Å²) in [5, 5.41) is 4.94. The van der Waals surface area contributed by atoms with Gasteiger partial charge in [0.1, 0.15) is 35.8 Å². The third-order valence-corrected chi connectivity index (χ3v) is 6.17. The molecule has 11 nitrogen and oxygen atoms in total. The van der Waals surface area contributed by atoms with Crippen molar-refractivity contribution in [1.29, 1.82) is 0 Å². The Kier molecular flexibility index (Phi) is 6.21. The molecule has 0 amide bonds. The topological polar surface area (TPSA) is 141 Å². The third-order valence-electron chi connectivity index (χ3n) is 5.70. The minimum Gasteiger partial charge on any atom is -0.347 e. The number of halogens is 3. The summed E-state index contributed by atoms with van der Waals surface area (Å²) in [5.74, 6) is 4.18. The van der Waals surface area contributed by atoms with Crippen LogP contribution in [-0.4, -0.2) is 58.6 Å². The highest BCUT2D eigenvalue weighted by Crippen LogP contribution is 2.44. The molecule has 2 aliphatic heterocycles. The zero-order chi connectivity index (χ0) is 26.6. The normalized spacial score (nSPS) is 25.1. The predicted octanol–water partition coefficient (Wildman–Crippen LogP) is 1.88. The van der Waals surface area contributed by atoms with Crippen LogP contribution < -0.4 is 5.14 Å². The monoisotopic (exact) mass is 539 g/mol. The van der Waals surface area contributed by atoms with E-state index in [0.717, 1.165) is 6.07 Å². The smallest absolute Gasteiger partial charge is 0.347 e. The van der Waals surface area contributed by atoms with Crippen molar-refractivity contribution in [3.05, 3.63) is 53.7 Å².